The molecular formula is C18H25ClFN3O4S. The van der Waals surface area contributed by atoms with Crippen molar-refractivity contribution in [1.29, 1.82) is 5.26 Å². The van der Waals surface area contributed by atoms with E-state index in [0.717, 1.165) is 4.90 Å². The van der Waals surface area contributed by atoms with E-state index < -0.39 is 38.7 Å². The molecule has 2 N–H and O–H groups in total. The number of ether oxygens (including phenoxy) is 1. The van der Waals surface area contributed by atoms with Gasteiger partial charge in [-0.1, -0.05) is 12.1 Å². The number of nitriles is 1. The van der Waals surface area contributed by atoms with Gasteiger partial charge in [0.2, 0.25) is 5.91 Å². The van der Waals surface area contributed by atoms with Crippen LogP contribution in [-0.4, -0.2) is 55.9 Å². The van der Waals surface area contributed by atoms with Gasteiger partial charge in [-0.15, -0.1) is 12.4 Å². The number of nitrogens with two attached hydrogens (primary N) is 1. The number of sulfone groups is 1. The molecule has 1 aliphatic rings. The molecule has 1 saturated heterocycles. The quantitative estimate of drug-likeness (QED) is 0.728. The largest absolute Gasteiger partial charge is 0.497 e. The van der Waals surface area contributed by atoms with E-state index in [1.807, 2.05) is 6.07 Å². The zero-order valence-corrected chi connectivity index (χ0v) is 17.6. The average molecular weight is 434 g/mol. The molecule has 1 aliphatic heterocycles. The van der Waals surface area contributed by atoms with Crippen molar-refractivity contribution in [3.63, 3.8) is 0 Å². The van der Waals surface area contributed by atoms with Crippen molar-refractivity contribution >= 4 is 28.2 Å². The second-order valence-corrected chi connectivity index (χ2v) is 9.73. The van der Waals surface area contributed by atoms with Gasteiger partial charge in [-0.2, -0.15) is 5.26 Å². The predicted octanol–water partition coefficient (Wildman–Crippen LogP) is 1.60. The maximum absolute atomic E-state index is 13.6. The fourth-order valence-corrected chi connectivity index (χ4v) is 4.44. The number of hydrogen-bond donors (Lipinski definition) is 1. The SMILES string of the molecule is COc1ccc(CS(=O)(=O)C(C)(C)[C@H](N)C(=O)N2C[C@@H](F)C[C@H]2C#N)cc1.Cl. The smallest absolute Gasteiger partial charge is 0.242 e. The molecule has 0 aromatic heterocycles. The fourth-order valence-electron chi connectivity index (χ4n) is 2.95. The Bertz CT molecular complexity index is 839. The summed E-state index contributed by atoms with van der Waals surface area (Å²) in [5.74, 6) is -0.442. The summed E-state index contributed by atoms with van der Waals surface area (Å²) in [5.41, 5.74) is 6.53. The van der Waals surface area contributed by atoms with Crippen molar-refractivity contribution in [2.75, 3.05) is 13.7 Å². The molecule has 0 unspecified atom stereocenters. The summed E-state index contributed by atoms with van der Waals surface area (Å²) in [4.78, 5) is 13.7. The van der Waals surface area contributed by atoms with Crippen LogP contribution >= 0.6 is 12.4 Å². The number of halogens is 2. The molecule has 7 nitrogen and oxygen atoms in total. The van der Waals surface area contributed by atoms with Crippen LogP contribution in [0, 0.1) is 11.3 Å². The lowest BCUT2D eigenvalue weighted by Gasteiger charge is -2.33. The number of rotatable bonds is 6. The van der Waals surface area contributed by atoms with Crippen molar-refractivity contribution in [2.45, 2.75) is 49.0 Å². The van der Waals surface area contributed by atoms with E-state index in [1.165, 1.54) is 21.0 Å². The molecule has 0 radical (unpaired) electrons. The van der Waals surface area contributed by atoms with Crippen LogP contribution in [-0.2, 0) is 20.4 Å². The van der Waals surface area contributed by atoms with E-state index in [9.17, 15) is 17.6 Å². The normalized spacial score (nSPS) is 20.8. The lowest BCUT2D eigenvalue weighted by Crippen LogP contribution is -2.59. The highest BCUT2D eigenvalue weighted by Crippen LogP contribution is 2.28. The Kier molecular flexibility index (Phi) is 7.82. The zero-order valence-electron chi connectivity index (χ0n) is 16.0. The minimum Gasteiger partial charge on any atom is -0.497 e. The van der Waals surface area contributed by atoms with Crippen molar-refractivity contribution in [3.8, 4) is 11.8 Å². The highest BCUT2D eigenvalue weighted by Gasteiger charge is 2.47. The highest BCUT2D eigenvalue weighted by molar-refractivity contribution is 7.92. The van der Waals surface area contributed by atoms with Crippen LogP contribution in [0.3, 0.4) is 0 Å². The molecular weight excluding hydrogens is 409 g/mol. The van der Waals surface area contributed by atoms with E-state index in [2.05, 4.69) is 0 Å². The molecule has 0 bridgehead atoms. The summed E-state index contributed by atoms with van der Waals surface area (Å²) in [5, 5.41) is 9.11. The maximum Gasteiger partial charge on any atom is 0.242 e. The van der Waals surface area contributed by atoms with Crippen molar-refractivity contribution < 1.29 is 22.3 Å². The van der Waals surface area contributed by atoms with Crippen molar-refractivity contribution in [3.05, 3.63) is 29.8 Å². The molecule has 0 spiro atoms. The third-order valence-electron chi connectivity index (χ3n) is 5.01. The molecule has 1 aromatic carbocycles. The summed E-state index contributed by atoms with van der Waals surface area (Å²) in [7, 11) is -2.33. The highest BCUT2D eigenvalue weighted by atomic mass is 35.5. The Balaban J connectivity index is 0.00000392. The van der Waals surface area contributed by atoms with Crippen LogP contribution in [0.5, 0.6) is 5.75 Å². The number of methoxy groups -OCH3 is 1. The molecule has 1 aromatic rings. The molecule has 1 fully saturated rings. The van der Waals surface area contributed by atoms with Gasteiger partial charge in [0.25, 0.3) is 0 Å². The molecule has 0 saturated carbocycles. The van der Waals surface area contributed by atoms with Crippen LogP contribution in [0.4, 0.5) is 4.39 Å². The second-order valence-electron chi connectivity index (χ2n) is 7.16. The number of hydrogen-bond acceptors (Lipinski definition) is 6. The number of carbonyl (C=O) groups is 1. The Hall–Kier alpha value is -1.89. The monoisotopic (exact) mass is 433 g/mol. The number of amides is 1. The van der Waals surface area contributed by atoms with Gasteiger partial charge in [0.05, 0.1) is 30.2 Å². The van der Waals surface area contributed by atoms with Gasteiger partial charge in [0.15, 0.2) is 9.84 Å². The van der Waals surface area contributed by atoms with E-state index in [1.54, 1.807) is 24.3 Å². The zero-order chi connectivity index (χ0) is 20.4. The lowest BCUT2D eigenvalue weighted by atomic mass is 10.0. The number of nitrogens with zero attached hydrogens (tertiary/aromatic N) is 2. The van der Waals surface area contributed by atoms with Crippen molar-refractivity contribution in [1.82, 2.24) is 4.90 Å². The molecule has 28 heavy (non-hydrogen) atoms. The van der Waals surface area contributed by atoms with Crippen molar-refractivity contribution in [2.24, 2.45) is 5.73 Å². The van der Waals surface area contributed by atoms with E-state index >= 15 is 0 Å². The minimum atomic E-state index is -3.83. The number of benzene rings is 1. The summed E-state index contributed by atoms with van der Waals surface area (Å²) in [6.45, 7) is 2.50. The first kappa shape index (κ1) is 24.1. The van der Waals surface area contributed by atoms with Crippen LogP contribution in [0.1, 0.15) is 25.8 Å². The van der Waals surface area contributed by atoms with E-state index in [0.29, 0.717) is 11.3 Å². The minimum absolute atomic E-state index is 0. The summed E-state index contributed by atoms with van der Waals surface area (Å²) in [6.07, 6.45) is -1.40. The standard InChI is InChI=1S/C18H24FN3O4S.ClH/c1-18(2,16(21)17(23)22-10-13(19)8-14(22)9-20)27(24,25)11-12-4-6-15(26-3)7-5-12;/h4-7,13-14,16H,8,10-11,21H2,1-3H3;1H/t13-,14-,16+;/m0./s1. The lowest BCUT2D eigenvalue weighted by molar-refractivity contribution is -0.133. The van der Waals surface area contributed by atoms with Crippen LogP contribution in [0.2, 0.25) is 0 Å². The molecule has 2 rings (SSSR count). The predicted molar refractivity (Wildman–Crippen MR) is 106 cm³/mol. The van der Waals surface area contributed by atoms with Crippen LogP contribution in [0.15, 0.2) is 24.3 Å². The molecule has 1 amide bonds. The molecule has 1 heterocycles. The Morgan fingerprint density at radius 1 is 1.43 bits per heavy atom. The Morgan fingerprint density at radius 3 is 2.50 bits per heavy atom. The van der Waals surface area contributed by atoms with Crippen LogP contribution < -0.4 is 10.5 Å². The second kappa shape index (κ2) is 9.07. The van der Waals surface area contributed by atoms with Gasteiger partial charge in [-0.05, 0) is 31.5 Å². The molecule has 10 heteroatoms. The van der Waals surface area contributed by atoms with Gasteiger partial charge >= 0.3 is 0 Å². The topological polar surface area (TPSA) is 113 Å². The number of likely N-dealkylation sites (tertiary alicyclic amines) is 1. The van der Waals surface area contributed by atoms with Crippen LogP contribution in [0.25, 0.3) is 0 Å². The Labute approximate surface area is 171 Å². The first-order valence-electron chi connectivity index (χ1n) is 8.48. The van der Waals surface area contributed by atoms with Gasteiger partial charge in [-0.3, -0.25) is 4.79 Å². The summed E-state index contributed by atoms with van der Waals surface area (Å²) < 4.78 is 42.9. The fraction of sp³-hybridized carbons (Fsp3) is 0.556. The number of alkyl halides is 1. The summed E-state index contributed by atoms with van der Waals surface area (Å²) >= 11 is 0. The maximum atomic E-state index is 13.6. The first-order valence-corrected chi connectivity index (χ1v) is 10.1. The third-order valence-corrected chi connectivity index (χ3v) is 7.58. The van der Waals surface area contributed by atoms with E-state index in [-0.39, 0.29) is 31.1 Å². The Morgan fingerprint density at radius 2 is 2.00 bits per heavy atom. The number of carbonyl (C=O) groups excluding carboxylic acids is 1. The first-order chi connectivity index (χ1) is 12.5. The summed E-state index contributed by atoms with van der Waals surface area (Å²) in [6, 6.07) is 6.06. The average Bonchev–Trinajstić information content (AvgIpc) is 3.01. The van der Waals surface area contributed by atoms with Gasteiger partial charge < -0.3 is 15.4 Å². The van der Waals surface area contributed by atoms with E-state index in [4.69, 9.17) is 15.7 Å². The molecule has 0 aliphatic carbocycles. The van der Waals surface area contributed by atoms with Gasteiger partial charge in [-0.25, -0.2) is 12.8 Å². The third kappa shape index (κ3) is 4.74. The molecule has 3 atom stereocenters. The van der Waals surface area contributed by atoms with Gasteiger partial charge in [0, 0.05) is 6.42 Å². The van der Waals surface area contributed by atoms with Gasteiger partial charge in [0.1, 0.15) is 24.0 Å². The molecule has 156 valence electrons.